The van der Waals surface area contributed by atoms with Crippen molar-refractivity contribution in [2.75, 3.05) is 0 Å². The first-order chi connectivity index (χ1) is 7.56. The van der Waals surface area contributed by atoms with E-state index < -0.39 is 0 Å². The van der Waals surface area contributed by atoms with Crippen molar-refractivity contribution in [1.82, 2.24) is 0 Å². The van der Waals surface area contributed by atoms with E-state index in [1.54, 1.807) is 0 Å². The number of hydrogen-bond donors (Lipinski definition) is 0. The Labute approximate surface area is 99.8 Å². The van der Waals surface area contributed by atoms with Gasteiger partial charge in [0.2, 0.25) is 0 Å². The standard InChI is InChI=1S/C14H26O2/c1-5-13(6-2)16-14(15)12-8-10(3)7-11(4)9-12/h10-13H,5-9H2,1-4H3. The number of ether oxygens (including phenoxy) is 1. The molecule has 2 atom stereocenters. The third kappa shape index (κ3) is 3.80. The van der Waals surface area contributed by atoms with Crippen LogP contribution in [0.2, 0.25) is 0 Å². The minimum Gasteiger partial charge on any atom is -0.462 e. The third-order valence-corrected chi connectivity index (χ3v) is 3.71. The maximum atomic E-state index is 12.0. The van der Waals surface area contributed by atoms with Gasteiger partial charge in [0.15, 0.2) is 0 Å². The SMILES string of the molecule is CCC(CC)OC(=O)C1CC(C)CC(C)C1. The van der Waals surface area contributed by atoms with E-state index in [2.05, 4.69) is 27.7 Å². The molecule has 0 saturated heterocycles. The van der Waals surface area contributed by atoms with Crippen LogP contribution in [0, 0.1) is 17.8 Å². The van der Waals surface area contributed by atoms with Crippen molar-refractivity contribution in [3.63, 3.8) is 0 Å². The number of carbonyl (C=O) groups excluding carboxylic acids is 1. The lowest BCUT2D eigenvalue weighted by Crippen LogP contribution is -2.30. The van der Waals surface area contributed by atoms with Crippen molar-refractivity contribution in [3.8, 4) is 0 Å². The summed E-state index contributed by atoms with van der Waals surface area (Å²) in [4.78, 5) is 12.0. The number of carbonyl (C=O) groups is 1. The van der Waals surface area contributed by atoms with Crippen LogP contribution in [-0.4, -0.2) is 12.1 Å². The Morgan fingerprint density at radius 1 is 1.12 bits per heavy atom. The molecule has 0 aromatic rings. The molecule has 2 unspecified atom stereocenters. The minimum atomic E-state index is 0.0482. The molecule has 0 spiro atoms. The van der Waals surface area contributed by atoms with Crippen LogP contribution in [0.1, 0.15) is 59.8 Å². The Morgan fingerprint density at radius 2 is 1.62 bits per heavy atom. The van der Waals surface area contributed by atoms with Crippen LogP contribution in [0.3, 0.4) is 0 Å². The van der Waals surface area contributed by atoms with Gasteiger partial charge in [0.1, 0.15) is 6.10 Å². The summed E-state index contributed by atoms with van der Waals surface area (Å²) in [6.45, 7) is 8.64. The zero-order valence-corrected chi connectivity index (χ0v) is 11.2. The fourth-order valence-electron chi connectivity index (χ4n) is 2.86. The smallest absolute Gasteiger partial charge is 0.309 e. The third-order valence-electron chi connectivity index (χ3n) is 3.71. The summed E-state index contributed by atoms with van der Waals surface area (Å²) >= 11 is 0. The zero-order chi connectivity index (χ0) is 12.1. The summed E-state index contributed by atoms with van der Waals surface area (Å²) < 4.78 is 5.55. The van der Waals surface area contributed by atoms with Gasteiger partial charge in [-0.25, -0.2) is 0 Å². The van der Waals surface area contributed by atoms with E-state index in [1.165, 1.54) is 6.42 Å². The van der Waals surface area contributed by atoms with Gasteiger partial charge in [-0.1, -0.05) is 27.7 Å². The molecule has 16 heavy (non-hydrogen) atoms. The Hall–Kier alpha value is -0.530. The summed E-state index contributed by atoms with van der Waals surface area (Å²) in [5, 5.41) is 0. The predicted octanol–water partition coefficient (Wildman–Crippen LogP) is 3.79. The first kappa shape index (κ1) is 13.5. The Bertz CT molecular complexity index is 211. The molecular weight excluding hydrogens is 200 g/mol. The molecule has 0 aromatic heterocycles. The fourth-order valence-corrected chi connectivity index (χ4v) is 2.86. The topological polar surface area (TPSA) is 26.3 Å². The summed E-state index contributed by atoms with van der Waals surface area (Å²) in [6, 6.07) is 0. The molecule has 1 aliphatic rings. The second-order valence-electron chi connectivity index (χ2n) is 5.49. The molecule has 1 rings (SSSR count). The van der Waals surface area contributed by atoms with E-state index in [9.17, 15) is 4.79 Å². The Balaban J connectivity index is 2.46. The van der Waals surface area contributed by atoms with Crippen LogP contribution in [0.15, 0.2) is 0 Å². The van der Waals surface area contributed by atoms with Crippen LogP contribution in [0.25, 0.3) is 0 Å². The summed E-state index contributed by atoms with van der Waals surface area (Å²) in [5.41, 5.74) is 0. The van der Waals surface area contributed by atoms with Crippen molar-refractivity contribution in [3.05, 3.63) is 0 Å². The van der Waals surface area contributed by atoms with E-state index in [1.807, 2.05) is 0 Å². The molecule has 1 saturated carbocycles. The van der Waals surface area contributed by atoms with Crippen LogP contribution in [0.5, 0.6) is 0 Å². The van der Waals surface area contributed by atoms with Gasteiger partial charge in [0, 0.05) is 0 Å². The Morgan fingerprint density at radius 3 is 2.06 bits per heavy atom. The molecule has 0 aromatic carbocycles. The van der Waals surface area contributed by atoms with E-state index >= 15 is 0 Å². The highest BCUT2D eigenvalue weighted by Gasteiger charge is 2.30. The van der Waals surface area contributed by atoms with Crippen molar-refractivity contribution < 1.29 is 9.53 Å². The van der Waals surface area contributed by atoms with Gasteiger partial charge in [-0.2, -0.15) is 0 Å². The van der Waals surface area contributed by atoms with Crippen molar-refractivity contribution in [2.45, 2.75) is 65.9 Å². The molecule has 1 fully saturated rings. The molecule has 0 radical (unpaired) electrons. The number of rotatable bonds is 4. The van der Waals surface area contributed by atoms with Crippen molar-refractivity contribution in [1.29, 1.82) is 0 Å². The largest absolute Gasteiger partial charge is 0.462 e. The molecule has 0 bridgehead atoms. The highest BCUT2D eigenvalue weighted by atomic mass is 16.5. The van der Waals surface area contributed by atoms with Gasteiger partial charge < -0.3 is 4.74 Å². The molecule has 0 N–H and O–H groups in total. The molecule has 2 heteroatoms. The number of esters is 1. The molecule has 0 heterocycles. The normalized spacial score (nSPS) is 30.4. The lowest BCUT2D eigenvalue weighted by Gasteiger charge is -2.30. The van der Waals surface area contributed by atoms with Gasteiger partial charge in [-0.05, 0) is 43.9 Å². The molecule has 94 valence electrons. The molecule has 2 nitrogen and oxygen atoms in total. The van der Waals surface area contributed by atoms with Crippen LogP contribution in [0.4, 0.5) is 0 Å². The predicted molar refractivity (Wildman–Crippen MR) is 66.1 cm³/mol. The van der Waals surface area contributed by atoms with E-state index in [4.69, 9.17) is 4.74 Å². The first-order valence-corrected chi connectivity index (χ1v) is 6.77. The van der Waals surface area contributed by atoms with Crippen LogP contribution in [-0.2, 0) is 9.53 Å². The second kappa shape index (κ2) is 6.27. The van der Waals surface area contributed by atoms with E-state index in [0.717, 1.165) is 25.7 Å². The average Bonchev–Trinajstić information content (AvgIpc) is 2.24. The summed E-state index contributed by atoms with van der Waals surface area (Å²) in [5.74, 6) is 1.54. The Kier molecular flexibility index (Phi) is 5.30. The summed E-state index contributed by atoms with van der Waals surface area (Å²) in [7, 11) is 0. The quantitative estimate of drug-likeness (QED) is 0.682. The minimum absolute atomic E-state index is 0.0482. The zero-order valence-electron chi connectivity index (χ0n) is 11.2. The van der Waals surface area contributed by atoms with Crippen molar-refractivity contribution in [2.24, 2.45) is 17.8 Å². The second-order valence-corrected chi connectivity index (χ2v) is 5.49. The first-order valence-electron chi connectivity index (χ1n) is 6.77. The van der Waals surface area contributed by atoms with Gasteiger partial charge in [0.25, 0.3) is 0 Å². The van der Waals surface area contributed by atoms with Gasteiger partial charge in [0.05, 0.1) is 5.92 Å². The molecule has 0 amide bonds. The van der Waals surface area contributed by atoms with Crippen molar-refractivity contribution >= 4 is 5.97 Å². The van der Waals surface area contributed by atoms with Gasteiger partial charge >= 0.3 is 5.97 Å². The average molecular weight is 226 g/mol. The van der Waals surface area contributed by atoms with Crippen LogP contribution < -0.4 is 0 Å². The molecule has 0 aliphatic heterocycles. The van der Waals surface area contributed by atoms with E-state index in [0.29, 0.717) is 11.8 Å². The highest BCUT2D eigenvalue weighted by Crippen LogP contribution is 2.33. The fraction of sp³-hybridized carbons (Fsp3) is 0.929. The van der Waals surface area contributed by atoms with Gasteiger partial charge in [-0.15, -0.1) is 0 Å². The monoisotopic (exact) mass is 226 g/mol. The summed E-state index contributed by atoms with van der Waals surface area (Å²) in [6.07, 6.45) is 5.28. The molecular formula is C14H26O2. The highest BCUT2D eigenvalue weighted by molar-refractivity contribution is 5.72. The van der Waals surface area contributed by atoms with E-state index in [-0.39, 0.29) is 18.0 Å². The lowest BCUT2D eigenvalue weighted by molar-refractivity contribution is -0.156. The maximum Gasteiger partial charge on any atom is 0.309 e. The number of hydrogen-bond acceptors (Lipinski definition) is 2. The molecule has 1 aliphatic carbocycles. The van der Waals surface area contributed by atoms with Gasteiger partial charge in [-0.3, -0.25) is 4.79 Å². The van der Waals surface area contributed by atoms with Crippen LogP contribution >= 0.6 is 0 Å². The lowest BCUT2D eigenvalue weighted by atomic mass is 9.77. The maximum absolute atomic E-state index is 12.0.